The van der Waals surface area contributed by atoms with Gasteiger partial charge in [0.2, 0.25) is 0 Å². The standard InChI is InChI=1S/C36H24BrN/c37-31-15-20-35-29(22-31)10-11-30-24-34(19-21-36(30)35)38(33-18-14-26-8-4-5-9-28(26)23-33)32-16-12-27(13-17-32)25-6-2-1-3-7-25/h1-24H. The first-order valence-electron chi connectivity index (χ1n) is 12.8. The van der Waals surface area contributed by atoms with Gasteiger partial charge in [-0.3, -0.25) is 0 Å². The van der Waals surface area contributed by atoms with Gasteiger partial charge >= 0.3 is 0 Å². The first-order valence-corrected chi connectivity index (χ1v) is 13.6. The molecule has 180 valence electrons. The van der Waals surface area contributed by atoms with E-state index in [4.69, 9.17) is 0 Å². The van der Waals surface area contributed by atoms with E-state index < -0.39 is 0 Å². The van der Waals surface area contributed by atoms with E-state index >= 15 is 0 Å². The number of hydrogen-bond acceptors (Lipinski definition) is 1. The van der Waals surface area contributed by atoms with Crippen LogP contribution in [0.1, 0.15) is 0 Å². The highest BCUT2D eigenvalue weighted by atomic mass is 79.9. The number of benzene rings is 7. The molecule has 7 aromatic carbocycles. The molecule has 0 aliphatic heterocycles. The zero-order valence-electron chi connectivity index (χ0n) is 20.7. The summed E-state index contributed by atoms with van der Waals surface area (Å²) in [6.07, 6.45) is 0. The number of anilines is 3. The Kier molecular flexibility index (Phi) is 5.68. The van der Waals surface area contributed by atoms with Crippen LogP contribution in [-0.2, 0) is 0 Å². The lowest BCUT2D eigenvalue weighted by Crippen LogP contribution is -2.09. The van der Waals surface area contributed by atoms with Gasteiger partial charge in [-0.25, -0.2) is 0 Å². The Labute approximate surface area is 230 Å². The van der Waals surface area contributed by atoms with E-state index in [9.17, 15) is 0 Å². The average Bonchev–Trinajstić information content (AvgIpc) is 2.98. The van der Waals surface area contributed by atoms with Crippen molar-refractivity contribution >= 4 is 65.3 Å². The zero-order chi connectivity index (χ0) is 25.5. The summed E-state index contributed by atoms with van der Waals surface area (Å²) in [5.74, 6) is 0. The van der Waals surface area contributed by atoms with E-state index in [2.05, 4.69) is 166 Å². The molecule has 0 unspecified atom stereocenters. The molecule has 0 atom stereocenters. The van der Waals surface area contributed by atoms with E-state index in [0.717, 1.165) is 21.5 Å². The zero-order valence-corrected chi connectivity index (χ0v) is 22.3. The Bertz CT molecular complexity index is 1920. The van der Waals surface area contributed by atoms with Gasteiger partial charge in [0.1, 0.15) is 0 Å². The van der Waals surface area contributed by atoms with Crippen LogP contribution in [0.5, 0.6) is 0 Å². The third-order valence-electron chi connectivity index (χ3n) is 7.26. The van der Waals surface area contributed by atoms with Crippen LogP contribution in [0.25, 0.3) is 43.4 Å². The highest BCUT2D eigenvalue weighted by molar-refractivity contribution is 9.10. The molecule has 0 radical (unpaired) electrons. The van der Waals surface area contributed by atoms with Gasteiger partial charge in [0, 0.05) is 21.5 Å². The lowest BCUT2D eigenvalue weighted by molar-refractivity contribution is 1.29. The van der Waals surface area contributed by atoms with E-state index in [0.29, 0.717) is 0 Å². The molecular formula is C36H24BrN. The largest absolute Gasteiger partial charge is 0.310 e. The quantitative estimate of drug-likeness (QED) is 0.197. The second-order valence-electron chi connectivity index (χ2n) is 9.62. The van der Waals surface area contributed by atoms with Gasteiger partial charge in [0.25, 0.3) is 0 Å². The van der Waals surface area contributed by atoms with Crippen LogP contribution in [-0.4, -0.2) is 0 Å². The molecule has 0 amide bonds. The number of rotatable bonds is 4. The van der Waals surface area contributed by atoms with Crippen molar-refractivity contribution in [3.63, 3.8) is 0 Å². The van der Waals surface area contributed by atoms with Crippen molar-refractivity contribution in [2.24, 2.45) is 0 Å². The Balaban J connectivity index is 1.39. The second-order valence-corrected chi connectivity index (χ2v) is 10.5. The fourth-order valence-corrected chi connectivity index (χ4v) is 5.74. The fraction of sp³-hybridized carbons (Fsp3) is 0. The number of fused-ring (bicyclic) bond motifs is 4. The molecule has 7 rings (SSSR count). The smallest absolute Gasteiger partial charge is 0.0468 e. The van der Waals surface area contributed by atoms with E-state index in [1.54, 1.807) is 0 Å². The van der Waals surface area contributed by atoms with Crippen LogP contribution in [0.2, 0.25) is 0 Å². The monoisotopic (exact) mass is 549 g/mol. The van der Waals surface area contributed by atoms with E-state index in [1.165, 1.54) is 43.4 Å². The number of nitrogens with zero attached hydrogens (tertiary/aromatic N) is 1. The van der Waals surface area contributed by atoms with E-state index in [1.807, 2.05) is 0 Å². The minimum atomic E-state index is 1.10. The molecule has 0 aliphatic carbocycles. The van der Waals surface area contributed by atoms with Crippen molar-refractivity contribution < 1.29 is 0 Å². The van der Waals surface area contributed by atoms with Gasteiger partial charge in [0.05, 0.1) is 0 Å². The van der Waals surface area contributed by atoms with Crippen LogP contribution in [0.15, 0.2) is 150 Å². The fourth-order valence-electron chi connectivity index (χ4n) is 5.37. The molecule has 38 heavy (non-hydrogen) atoms. The molecule has 0 heterocycles. The molecule has 0 bridgehead atoms. The summed E-state index contributed by atoms with van der Waals surface area (Å²) in [6.45, 7) is 0. The molecule has 7 aromatic rings. The molecule has 0 saturated carbocycles. The first-order chi connectivity index (χ1) is 18.7. The Morgan fingerprint density at radius 3 is 1.66 bits per heavy atom. The molecule has 0 fully saturated rings. The Hall–Kier alpha value is -4.40. The third-order valence-corrected chi connectivity index (χ3v) is 7.76. The van der Waals surface area contributed by atoms with Crippen molar-refractivity contribution in [3.8, 4) is 11.1 Å². The molecule has 0 saturated heterocycles. The summed E-state index contributed by atoms with van der Waals surface area (Å²) in [4.78, 5) is 2.35. The topological polar surface area (TPSA) is 3.24 Å². The molecule has 1 nitrogen and oxygen atoms in total. The van der Waals surface area contributed by atoms with Gasteiger partial charge in [0.15, 0.2) is 0 Å². The van der Waals surface area contributed by atoms with Crippen molar-refractivity contribution in [2.45, 2.75) is 0 Å². The molecule has 2 heteroatoms. The number of halogens is 1. The maximum Gasteiger partial charge on any atom is 0.0468 e. The van der Waals surface area contributed by atoms with Crippen LogP contribution in [0, 0.1) is 0 Å². The summed E-state index contributed by atoms with van der Waals surface area (Å²) in [7, 11) is 0. The minimum absolute atomic E-state index is 1.10. The summed E-state index contributed by atoms with van der Waals surface area (Å²) < 4.78 is 1.10. The number of hydrogen-bond donors (Lipinski definition) is 0. The van der Waals surface area contributed by atoms with Crippen LogP contribution in [0.3, 0.4) is 0 Å². The lowest BCUT2D eigenvalue weighted by Gasteiger charge is -2.26. The summed E-state index contributed by atoms with van der Waals surface area (Å²) in [5.41, 5.74) is 5.84. The van der Waals surface area contributed by atoms with Crippen molar-refractivity contribution in [2.75, 3.05) is 4.90 Å². The Morgan fingerprint density at radius 1 is 0.368 bits per heavy atom. The van der Waals surface area contributed by atoms with Crippen molar-refractivity contribution in [1.82, 2.24) is 0 Å². The molecule has 0 spiro atoms. The second kappa shape index (κ2) is 9.48. The molecular weight excluding hydrogens is 526 g/mol. The predicted octanol–water partition coefficient (Wildman–Crippen LogP) is 11.0. The van der Waals surface area contributed by atoms with Gasteiger partial charge < -0.3 is 4.90 Å². The molecule has 0 aliphatic rings. The highest BCUT2D eigenvalue weighted by Crippen LogP contribution is 2.39. The summed E-state index contributed by atoms with van der Waals surface area (Å²) >= 11 is 3.61. The van der Waals surface area contributed by atoms with Crippen molar-refractivity contribution in [3.05, 3.63) is 150 Å². The van der Waals surface area contributed by atoms with E-state index in [-0.39, 0.29) is 0 Å². The van der Waals surface area contributed by atoms with Gasteiger partial charge in [-0.05, 0) is 92.0 Å². The Morgan fingerprint density at radius 2 is 0.895 bits per heavy atom. The van der Waals surface area contributed by atoms with Gasteiger partial charge in [-0.1, -0.05) is 113 Å². The minimum Gasteiger partial charge on any atom is -0.310 e. The van der Waals surface area contributed by atoms with Gasteiger partial charge in [-0.15, -0.1) is 0 Å². The maximum absolute atomic E-state index is 3.61. The molecule has 0 N–H and O–H groups in total. The van der Waals surface area contributed by atoms with Crippen LogP contribution in [0.4, 0.5) is 17.1 Å². The predicted molar refractivity (Wildman–Crippen MR) is 167 cm³/mol. The highest BCUT2D eigenvalue weighted by Gasteiger charge is 2.15. The summed E-state index contributed by atoms with van der Waals surface area (Å²) in [6, 6.07) is 52.4. The van der Waals surface area contributed by atoms with Gasteiger partial charge in [-0.2, -0.15) is 0 Å². The lowest BCUT2D eigenvalue weighted by atomic mass is 10.0. The summed E-state index contributed by atoms with van der Waals surface area (Å²) in [5, 5.41) is 7.46. The molecule has 0 aromatic heterocycles. The normalized spacial score (nSPS) is 11.3. The van der Waals surface area contributed by atoms with Crippen LogP contribution < -0.4 is 4.90 Å². The van der Waals surface area contributed by atoms with Crippen molar-refractivity contribution in [1.29, 1.82) is 0 Å². The first kappa shape index (κ1) is 22.8. The van der Waals surface area contributed by atoms with Crippen LogP contribution >= 0.6 is 15.9 Å². The maximum atomic E-state index is 3.61. The SMILES string of the molecule is Brc1ccc2c(ccc3cc(N(c4ccc(-c5ccccc5)cc4)c4ccc5ccccc5c4)ccc32)c1. The third kappa shape index (κ3) is 4.13. The average molecular weight is 550 g/mol.